The second kappa shape index (κ2) is 6.18. The van der Waals surface area contributed by atoms with E-state index in [0.29, 0.717) is 10.0 Å². The Morgan fingerprint density at radius 1 is 1.10 bits per heavy atom. The first kappa shape index (κ1) is 14.6. The fourth-order valence-electron chi connectivity index (χ4n) is 2.32. The number of fused-ring (bicyclic) bond motifs is 1. The first-order valence-corrected chi connectivity index (χ1v) is 8.82. The van der Waals surface area contributed by atoms with E-state index in [1.807, 2.05) is 23.9 Å². The summed E-state index contributed by atoms with van der Waals surface area (Å²) in [6, 6.07) is 12.7. The lowest BCUT2D eigenvalue weighted by Gasteiger charge is -2.27. The fraction of sp³-hybridized carbons (Fsp3) is 0.200. The van der Waals surface area contributed by atoms with E-state index in [4.69, 9.17) is 23.2 Å². The highest BCUT2D eigenvalue weighted by molar-refractivity contribution is 9.10. The van der Waals surface area contributed by atoms with Crippen LogP contribution in [0.1, 0.15) is 18.0 Å². The fourth-order valence-corrected chi connectivity index (χ4v) is 4.27. The van der Waals surface area contributed by atoms with Crippen molar-refractivity contribution in [3.8, 4) is 0 Å². The molecule has 0 bridgehead atoms. The quantitative estimate of drug-likeness (QED) is 0.596. The van der Waals surface area contributed by atoms with Crippen LogP contribution in [-0.4, -0.2) is 5.75 Å². The first-order chi connectivity index (χ1) is 9.66. The molecule has 2 aromatic carbocycles. The van der Waals surface area contributed by atoms with Crippen molar-refractivity contribution in [1.29, 1.82) is 0 Å². The van der Waals surface area contributed by atoms with Crippen LogP contribution in [0.15, 0.2) is 45.8 Å². The molecule has 1 heterocycles. The van der Waals surface area contributed by atoms with Gasteiger partial charge in [-0.1, -0.05) is 41.4 Å². The van der Waals surface area contributed by atoms with Crippen LogP contribution >= 0.6 is 50.9 Å². The van der Waals surface area contributed by atoms with Gasteiger partial charge in [-0.3, -0.25) is 0 Å². The lowest BCUT2D eigenvalue weighted by atomic mass is 10.0. The summed E-state index contributed by atoms with van der Waals surface area (Å²) >= 11 is 17.8. The van der Waals surface area contributed by atoms with Crippen LogP contribution in [0.5, 0.6) is 0 Å². The number of rotatable bonds is 2. The summed E-state index contributed by atoms with van der Waals surface area (Å²) in [5, 5.41) is 4.64. The molecular formula is C15H12BrCl2NS. The lowest BCUT2D eigenvalue weighted by molar-refractivity contribution is 0.728. The molecule has 0 radical (unpaired) electrons. The van der Waals surface area contributed by atoms with Gasteiger partial charge in [0, 0.05) is 15.1 Å². The summed E-state index contributed by atoms with van der Waals surface area (Å²) in [4.78, 5) is 1.34. The molecule has 3 rings (SSSR count). The molecule has 1 atom stereocenters. The summed E-state index contributed by atoms with van der Waals surface area (Å²) in [6.45, 7) is 0. The predicted molar refractivity (Wildman–Crippen MR) is 92.3 cm³/mol. The van der Waals surface area contributed by atoms with E-state index in [1.165, 1.54) is 10.5 Å². The van der Waals surface area contributed by atoms with E-state index >= 15 is 0 Å². The van der Waals surface area contributed by atoms with Gasteiger partial charge in [0.25, 0.3) is 0 Å². The molecule has 2 aromatic rings. The molecule has 0 fully saturated rings. The normalized spacial score (nSPS) is 17.6. The topological polar surface area (TPSA) is 12.0 Å². The van der Waals surface area contributed by atoms with Gasteiger partial charge in [0.2, 0.25) is 0 Å². The van der Waals surface area contributed by atoms with Crippen LogP contribution in [0.3, 0.4) is 0 Å². The molecule has 104 valence electrons. The Balaban J connectivity index is 1.92. The zero-order chi connectivity index (χ0) is 14.1. The Kier molecular flexibility index (Phi) is 4.51. The smallest absolute Gasteiger partial charge is 0.0835 e. The summed E-state index contributed by atoms with van der Waals surface area (Å²) in [5.41, 5.74) is 2.21. The van der Waals surface area contributed by atoms with E-state index < -0.39 is 0 Å². The van der Waals surface area contributed by atoms with E-state index in [9.17, 15) is 0 Å². The van der Waals surface area contributed by atoms with Crippen molar-refractivity contribution in [3.05, 3.63) is 56.5 Å². The van der Waals surface area contributed by atoms with Crippen LogP contribution in [0.4, 0.5) is 5.69 Å². The molecule has 0 amide bonds. The molecule has 1 nitrogen and oxygen atoms in total. The molecule has 0 aromatic heterocycles. The number of hydrogen-bond acceptors (Lipinski definition) is 2. The average molecular weight is 389 g/mol. The third kappa shape index (κ3) is 2.82. The second-order valence-corrected chi connectivity index (χ2v) is 7.34. The molecule has 5 heteroatoms. The zero-order valence-corrected chi connectivity index (χ0v) is 14.4. The van der Waals surface area contributed by atoms with Crippen LogP contribution in [0.2, 0.25) is 10.0 Å². The molecule has 1 N–H and O–H groups in total. The van der Waals surface area contributed by atoms with Gasteiger partial charge < -0.3 is 5.32 Å². The summed E-state index contributed by atoms with van der Waals surface area (Å²) in [5.74, 6) is 1.11. The largest absolute Gasteiger partial charge is 0.377 e. The Morgan fingerprint density at radius 2 is 1.90 bits per heavy atom. The van der Waals surface area contributed by atoms with Crippen molar-refractivity contribution < 1.29 is 0 Å². The molecule has 0 saturated heterocycles. The van der Waals surface area contributed by atoms with Crippen molar-refractivity contribution in [2.45, 2.75) is 17.4 Å². The van der Waals surface area contributed by atoms with Gasteiger partial charge >= 0.3 is 0 Å². The minimum absolute atomic E-state index is 0.280. The minimum atomic E-state index is 0.280. The maximum atomic E-state index is 6.32. The Morgan fingerprint density at radius 3 is 2.75 bits per heavy atom. The maximum Gasteiger partial charge on any atom is 0.0835 e. The Bertz CT molecular complexity index is 648. The number of thioether (sulfide) groups is 1. The third-order valence-electron chi connectivity index (χ3n) is 3.32. The van der Waals surface area contributed by atoms with Gasteiger partial charge in [0.15, 0.2) is 0 Å². The van der Waals surface area contributed by atoms with Gasteiger partial charge in [-0.15, -0.1) is 11.8 Å². The van der Waals surface area contributed by atoms with Gasteiger partial charge in [-0.05, 0) is 46.1 Å². The van der Waals surface area contributed by atoms with Gasteiger partial charge in [-0.2, -0.15) is 0 Å². The summed E-state index contributed by atoms with van der Waals surface area (Å²) < 4.78 is 0.814. The number of nitrogens with one attached hydrogen (secondary N) is 1. The second-order valence-electron chi connectivity index (χ2n) is 4.59. The standard InChI is InChI=1S/C15H12BrCl2NS/c16-10-5-6-12(15(18)14(10)17)19-11-7-8-20-13-4-2-1-3-9(11)13/h1-6,11,19H,7-8H2. The maximum absolute atomic E-state index is 6.32. The van der Waals surface area contributed by atoms with Gasteiger partial charge in [0.1, 0.15) is 0 Å². The Labute approximate surface area is 141 Å². The van der Waals surface area contributed by atoms with Crippen molar-refractivity contribution >= 4 is 56.6 Å². The highest BCUT2D eigenvalue weighted by Crippen LogP contribution is 2.41. The third-order valence-corrected chi connectivity index (χ3v) is 6.22. The van der Waals surface area contributed by atoms with Crippen molar-refractivity contribution in [1.82, 2.24) is 0 Å². The predicted octanol–water partition coefficient (Wildman–Crippen LogP) is 6.40. The van der Waals surface area contributed by atoms with Crippen molar-refractivity contribution in [2.75, 3.05) is 11.1 Å². The van der Waals surface area contributed by atoms with Crippen LogP contribution in [-0.2, 0) is 0 Å². The highest BCUT2D eigenvalue weighted by atomic mass is 79.9. The molecule has 0 spiro atoms. The Hall–Kier alpha value is -0.350. The molecular weight excluding hydrogens is 377 g/mol. The molecule has 1 unspecified atom stereocenters. The monoisotopic (exact) mass is 387 g/mol. The number of benzene rings is 2. The average Bonchev–Trinajstić information content (AvgIpc) is 2.48. The van der Waals surface area contributed by atoms with E-state index in [1.54, 1.807) is 0 Å². The lowest BCUT2D eigenvalue weighted by Crippen LogP contribution is -2.16. The number of halogens is 3. The van der Waals surface area contributed by atoms with Gasteiger partial charge in [-0.25, -0.2) is 0 Å². The SMILES string of the molecule is Clc1c(Br)ccc(NC2CCSc3ccccc32)c1Cl. The van der Waals surface area contributed by atoms with Crippen molar-refractivity contribution in [3.63, 3.8) is 0 Å². The highest BCUT2D eigenvalue weighted by Gasteiger charge is 2.21. The van der Waals surface area contributed by atoms with Crippen molar-refractivity contribution in [2.24, 2.45) is 0 Å². The zero-order valence-electron chi connectivity index (χ0n) is 10.5. The van der Waals surface area contributed by atoms with E-state index in [0.717, 1.165) is 22.3 Å². The molecule has 1 aliphatic rings. The molecule has 0 aliphatic carbocycles. The van der Waals surface area contributed by atoms with Gasteiger partial charge in [0.05, 0.1) is 21.8 Å². The molecule has 0 saturated carbocycles. The van der Waals surface area contributed by atoms with E-state index in [-0.39, 0.29) is 6.04 Å². The van der Waals surface area contributed by atoms with Crippen LogP contribution in [0, 0.1) is 0 Å². The first-order valence-electron chi connectivity index (χ1n) is 6.28. The summed E-state index contributed by atoms with van der Waals surface area (Å²) in [6.07, 6.45) is 1.08. The number of hydrogen-bond donors (Lipinski definition) is 1. The number of anilines is 1. The van der Waals surface area contributed by atoms with Crippen LogP contribution in [0.25, 0.3) is 0 Å². The summed E-state index contributed by atoms with van der Waals surface area (Å²) in [7, 11) is 0. The van der Waals surface area contributed by atoms with Crippen LogP contribution < -0.4 is 5.32 Å². The minimum Gasteiger partial charge on any atom is -0.377 e. The molecule has 20 heavy (non-hydrogen) atoms. The van der Waals surface area contributed by atoms with E-state index in [2.05, 4.69) is 45.5 Å². The molecule has 1 aliphatic heterocycles.